The van der Waals surface area contributed by atoms with Crippen LogP contribution < -0.4 is 0 Å². The summed E-state index contributed by atoms with van der Waals surface area (Å²) in [5.41, 5.74) is 1.18. The highest BCUT2D eigenvalue weighted by Gasteiger charge is 2.57. The summed E-state index contributed by atoms with van der Waals surface area (Å²) in [4.78, 5) is 23.4. The minimum atomic E-state index is -0.811. The first-order chi connectivity index (χ1) is 12.3. The molecule has 0 radical (unpaired) electrons. The molecule has 6 heteroatoms. The summed E-state index contributed by atoms with van der Waals surface area (Å²) in [6, 6.07) is 9.67. The number of aldehydes is 1. The van der Waals surface area contributed by atoms with Crippen LogP contribution in [0.25, 0.3) is 0 Å². The van der Waals surface area contributed by atoms with Gasteiger partial charge < -0.3 is 23.7 Å². The maximum atomic E-state index is 11.7. The summed E-state index contributed by atoms with van der Waals surface area (Å²) >= 11 is 0. The van der Waals surface area contributed by atoms with Crippen LogP contribution in [0.3, 0.4) is 0 Å². The van der Waals surface area contributed by atoms with Crippen LogP contribution in [0.2, 0.25) is 0 Å². The Kier molecular flexibility index (Phi) is 5.39. The Balaban J connectivity index is 1.81. The van der Waals surface area contributed by atoms with Crippen LogP contribution in [-0.4, -0.2) is 42.5 Å². The van der Waals surface area contributed by atoms with Crippen molar-refractivity contribution in [2.24, 2.45) is 5.92 Å². The Labute approximate surface area is 153 Å². The van der Waals surface area contributed by atoms with Gasteiger partial charge in [0.05, 0.1) is 12.5 Å². The number of ether oxygens (including phenoxy) is 4. The van der Waals surface area contributed by atoms with Gasteiger partial charge in [-0.15, -0.1) is 0 Å². The van der Waals surface area contributed by atoms with Gasteiger partial charge in [0, 0.05) is 5.57 Å². The molecule has 3 unspecified atom stereocenters. The van der Waals surface area contributed by atoms with Gasteiger partial charge in [-0.05, 0) is 26.3 Å². The fraction of sp³-hybridized carbons (Fsp3) is 0.500. The summed E-state index contributed by atoms with van der Waals surface area (Å²) in [6.45, 7) is 9.05. The summed E-state index contributed by atoms with van der Waals surface area (Å²) in [7, 11) is 0. The Morgan fingerprint density at radius 3 is 2.62 bits per heavy atom. The number of benzene rings is 1. The second kappa shape index (κ2) is 7.40. The van der Waals surface area contributed by atoms with Gasteiger partial charge in [0.1, 0.15) is 24.6 Å². The SMILES string of the molecule is C=C(C(C)=O)C(C=O)[C@H]1OC2OC(C)(C)OC2[C@H]1OCc1ccccc1. The smallest absolute Gasteiger partial charge is 0.190 e. The monoisotopic (exact) mass is 360 g/mol. The van der Waals surface area contributed by atoms with Gasteiger partial charge in [-0.1, -0.05) is 36.9 Å². The maximum Gasteiger partial charge on any atom is 0.190 e. The molecule has 5 atom stereocenters. The van der Waals surface area contributed by atoms with E-state index in [1.165, 1.54) is 6.92 Å². The summed E-state index contributed by atoms with van der Waals surface area (Å²) in [5.74, 6) is -1.87. The molecule has 0 N–H and O–H groups in total. The topological polar surface area (TPSA) is 71.1 Å². The van der Waals surface area contributed by atoms with E-state index in [-0.39, 0.29) is 11.4 Å². The molecule has 1 aromatic rings. The molecule has 140 valence electrons. The van der Waals surface area contributed by atoms with Gasteiger partial charge in [-0.3, -0.25) is 4.79 Å². The first-order valence-electron chi connectivity index (χ1n) is 8.64. The van der Waals surface area contributed by atoms with Gasteiger partial charge >= 0.3 is 0 Å². The highest BCUT2D eigenvalue weighted by Crippen LogP contribution is 2.41. The molecule has 0 spiro atoms. The number of carbonyl (C=O) groups is 2. The molecule has 6 nitrogen and oxygen atoms in total. The molecule has 2 aliphatic heterocycles. The van der Waals surface area contributed by atoms with Crippen LogP contribution in [0.4, 0.5) is 0 Å². The van der Waals surface area contributed by atoms with E-state index in [1.807, 2.05) is 30.3 Å². The van der Waals surface area contributed by atoms with Crippen molar-refractivity contribution in [1.29, 1.82) is 0 Å². The van der Waals surface area contributed by atoms with Crippen molar-refractivity contribution in [2.75, 3.05) is 0 Å². The molecule has 3 rings (SSSR count). The lowest BCUT2D eigenvalue weighted by atomic mass is 9.89. The van der Waals surface area contributed by atoms with E-state index in [0.717, 1.165) is 5.56 Å². The molecule has 0 amide bonds. The largest absolute Gasteiger partial charge is 0.368 e. The average Bonchev–Trinajstić information content (AvgIpc) is 3.06. The van der Waals surface area contributed by atoms with Crippen LogP contribution >= 0.6 is 0 Å². The third-order valence-corrected chi connectivity index (χ3v) is 4.67. The Morgan fingerprint density at radius 1 is 1.31 bits per heavy atom. The van der Waals surface area contributed by atoms with Crippen molar-refractivity contribution >= 4 is 12.1 Å². The van der Waals surface area contributed by atoms with Crippen LogP contribution in [0.5, 0.6) is 0 Å². The van der Waals surface area contributed by atoms with E-state index in [9.17, 15) is 9.59 Å². The van der Waals surface area contributed by atoms with Crippen LogP contribution in [0.1, 0.15) is 26.3 Å². The molecule has 0 aliphatic carbocycles. The van der Waals surface area contributed by atoms with Crippen LogP contribution in [-0.2, 0) is 35.1 Å². The van der Waals surface area contributed by atoms with Gasteiger partial charge in [0.15, 0.2) is 17.9 Å². The highest BCUT2D eigenvalue weighted by atomic mass is 16.8. The number of Topliss-reactive ketones (excluding diaryl/α,β-unsaturated/α-hetero) is 1. The zero-order valence-corrected chi connectivity index (χ0v) is 15.2. The van der Waals surface area contributed by atoms with E-state index < -0.39 is 36.3 Å². The lowest BCUT2D eigenvalue weighted by molar-refractivity contribution is -0.222. The zero-order chi connectivity index (χ0) is 18.9. The van der Waals surface area contributed by atoms with Gasteiger partial charge in [-0.25, -0.2) is 0 Å². The Hall–Kier alpha value is -1.86. The number of carbonyl (C=O) groups excluding carboxylic acids is 2. The molecule has 26 heavy (non-hydrogen) atoms. The van der Waals surface area contributed by atoms with Crippen molar-refractivity contribution < 1.29 is 28.5 Å². The van der Waals surface area contributed by atoms with Crippen molar-refractivity contribution in [3.8, 4) is 0 Å². The molecule has 0 aromatic heterocycles. The lowest BCUT2D eigenvalue weighted by Gasteiger charge is -2.29. The molecule has 2 saturated heterocycles. The van der Waals surface area contributed by atoms with Crippen molar-refractivity contribution in [1.82, 2.24) is 0 Å². The predicted octanol–water partition coefficient (Wildman–Crippen LogP) is 2.41. The third kappa shape index (κ3) is 3.78. The van der Waals surface area contributed by atoms with E-state index in [4.69, 9.17) is 18.9 Å². The minimum Gasteiger partial charge on any atom is -0.368 e. The standard InChI is InChI=1S/C20H24O6/c1-12(13(2)22)15(10-21)16-17(23-11-14-8-6-5-7-9-14)18-19(24-16)26-20(3,4)25-18/h5-10,15-19H,1,11H2,2-4H3/t15?,16-,17+,18?,19?/m1/s1. The third-order valence-electron chi connectivity index (χ3n) is 4.67. The molecule has 1 aromatic carbocycles. The summed E-state index contributed by atoms with van der Waals surface area (Å²) in [5, 5.41) is 0. The quantitative estimate of drug-likeness (QED) is 0.549. The molecule has 0 bridgehead atoms. The van der Waals surface area contributed by atoms with Gasteiger partial charge in [0.25, 0.3) is 0 Å². The Bertz CT molecular complexity index is 683. The van der Waals surface area contributed by atoms with Crippen LogP contribution in [0.15, 0.2) is 42.5 Å². The molecular weight excluding hydrogens is 336 g/mol. The second-order valence-corrected chi connectivity index (χ2v) is 7.07. The molecule has 0 saturated carbocycles. The van der Waals surface area contributed by atoms with E-state index in [2.05, 4.69) is 6.58 Å². The number of fused-ring (bicyclic) bond motifs is 1. The number of hydrogen-bond donors (Lipinski definition) is 0. The minimum absolute atomic E-state index is 0.192. The zero-order valence-electron chi connectivity index (χ0n) is 15.2. The van der Waals surface area contributed by atoms with Crippen molar-refractivity contribution in [3.05, 3.63) is 48.0 Å². The Morgan fingerprint density at radius 2 is 2.00 bits per heavy atom. The maximum absolute atomic E-state index is 11.7. The molecular formula is C20H24O6. The van der Waals surface area contributed by atoms with E-state index >= 15 is 0 Å². The van der Waals surface area contributed by atoms with Crippen LogP contribution in [0, 0.1) is 5.92 Å². The average molecular weight is 360 g/mol. The first-order valence-corrected chi connectivity index (χ1v) is 8.64. The normalized spacial score (nSPS) is 30.6. The molecule has 2 aliphatic rings. The summed E-state index contributed by atoms with van der Waals surface area (Å²) < 4.78 is 23.7. The van der Waals surface area contributed by atoms with Gasteiger partial charge in [0.2, 0.25) is 0 Å². The first kappa shape index (κ1) is 18.9. The lowest BCUT2D eigenvalue weighted by Crippen LogP contribution is -2.42. The van der Waals surface area contributed by atoms with Crippen molar-refractivity contribution in [2.45, 2.75) is 57.8 Å². The van der Waals surface area contributed by atoms with Gasteiger partial charge in [-0.2, -0.15) is 0 Å². The summed E-state index contributed by atoms with van der Waals surface area (Å²) in [6.07, 6.45) is -1.72. The molecule has 2 fully saturated rings. The second-order valence-electron chi connectivity index (χ2n) is 7.07. The number of ketones is 1. The highest BCUT2D eigenvalue weighted by molar-refractivity contribution is 5.96. The van der Waals surface area contributed by atoms with E-state index in [1.54, 1.807) is 13.8 Å². The number of hydrogen-bond acceptors (Lipinski definition) is 6. The fourth-order valence-corrected chi connectivity index (χ4v) is 3.34. The molecule has 2 heterocycles. The number of rotatable bonds is 7. The predicted molar refractivity (Wildman–Crippen MR) is 93.1 cm³/mol. The van der Waals surface area contributed by atoms with Crippen molar-refractivity contribution in [3.63, 3.8) is 0 Å². The fourth-order valence-electron chi connectivity index (χ4n) is 3.34. The van der Waals surface area contributed by atoms with E-state index in [0.29, 0.717) is 12.9 Å².